The van der Waals surface area contributed by atoms with Crippen LogP contribution in [-0.4, -0.2) is 20.7 Å². The van der Waals surface area contributed by atoms with Crippen molar-refractivity contribution in [2.45, 2.75) is 19.4 Å². The Kier molecular flexibility index (Phi) is 5.18. The highest BCUT2D eigenvalue weighted by molar-refractivity contribution is 7.89. The van der Waals surface area contributed by atoms with Gasteiger partial charge in [0.15, 0.2) is 0 Å². The Morgan fingerprint density at radius 3 is 2.33 bits per heavy atom. The molecule has 0 aliphatic carbocycles. The van der Waals surface area contributed by atoms with Crippen molar-refractivity contribution in [3.05, 3.63) is 35.4 Å². The third-order valence-corrected chi connectivity index (χ3v) is 3.30. The molecule has 0 fully saturated rings. The summed E-state index contributed by atoms with van der Waals surface area (Å²) < 4.78 is 47.3. The van der Waals surface area contributed by atoms with Crippen LogP contribution in [0.2, 0.25) is 0 Å². The Labute approximate surface area is 105 Å². The summed E-state index contributed by atoms with van der Waals surface area (Å²) in [4.78, 5) is 0. The van der Waals surface area contributed by atoms with Gasteiger partial charge in [-0.05, 0) is 37.6 Å². The van der Waals surface area contributed by atoms with Crippen LogP contribution >= 0.6 is 0 Å². The zero-order chi connectivity index (χ0) is 13.8. The van der Waals surface area contributed by atoms with Crippen molar-refractivity contribution in [3.8, 4) is 0 Å². The van der Waals surface area contributed by atoms with E-state index in [-0.39, 0.29) is 11.8 Å². The maximum absolute atomic E-state index is 13.0. The molecule has 0 aromatic heterocycles. The zero-order valence-electron chi connectivity index (χ0n) is 9.99. The van der Waals surface area contributed by atoms with E-state index in [0.717, 1.165) is 6.07 Å². The molecular weight excluding hydrogens is 262 g/mol. The number of hydrogen-bond donors (Lipinski definition) is 2. The number of nitrogens with one attached hydrogen (secondary N) is 1. The molecule has 102 valence electrons. The molecule has 0 saturated heterocycles. The van der Waals surface area contributed by atoms with Gasteiger partial charge >= 0.3 is 0 Å². The molecule has 0 aliphatic rings. The third kappa shape index (κ3) is 5.52. The van der Waals surface area contributed by atoms with Gasteiger partial charge in [-0.25, -0.2) is 22.3 Å². The number of sulfonamides is 1. The number of hydrogen-bond acceptors (Lipinski definition) is 3. The van der Waals surface area contributed by atoms with Crippen molar-refractivity contribution in [2.24, 2.45) is 5.14 Å². The summed E-state index contributed by atoms with van der Waals surface area (Å²) >= 11 is 0. The molecule has 18 heavy (non-hydrogen) atoms. The lowest BCUT2D eigenvalue weighted by atomic mass is 10.1. The highest BCUT2D eigenvalue weighted by Gasteiger charge is 2.09. The van der Waals surface area contributed by atoms with Gasteiger partial charge in [-0.3, -0.25) is 0 Å². The van der Waals surface area contributed by atoms with Crippen molar-refractivity contribution >= 4 is 10.0 Å². The van der Waals surface area contributed by atoms with Gasteiger partial charge in [0.1, 0.15) is 11.6 Å². The molecule has 7 heteroatoms. The zero-order valence-corrected chi connectivity index (χ0v) is 10.8. The van der Waals surface area contributed by atoms with Gasteiger partial charge in [0.05, 0.1) is 5.75 Å². The van der Waals surface area contributed by atoms with E-state index in [1.165, 1.54) is 12.1 Å². The normalized spacial score (nSPS) is 13.6. The minimum Gasteiger partial charge on any atom is -0.310 e. The molecule has 1 aromatic carbocycles. The van der Waals surface area contributed by atoms with E-state index in [1.54, 1.807) is 6.92 Å². The van der Waals surface area contributed by atoms with Gasteiger partial charge in [0.2, 0.25) is 10.0 Å². The molecule has 1 aromatic rings. The van der Waals surface area contributed by atoms with Crippen LogP contribution in [0.5, 0.6) is 0 Å². The largest absolute Gasteiger partial charge is 0.310 e. The van der Waals surface area contributed by atoms with Gasteiger partial charge in [-0.15, -0.1) is 0 Å². The van der Waals surface area contributed by atoms with Crippen LogP contribution in [0.4, 0.5) is 8.78 Å². The van der Waals surface area contributed by atoms with Crippen LogP contribution in [0.25, 0.3) is 0 Å². The predicted octanol–water partition coefficient (Wildman–Crippen LogP) is 1.29. The molecular formula is C11H16F2N2O2S. The van der Waals surface area contributed by atoms with Gasteiger partial charge < -0.3 is 5.32 Å². The number of benzene rings is 1. The highest BCUT2D eigenvalue weighted by Crippen LogP contribution is 2.15. The maximum Gasteiger partial charge on any atom is 0.209 e. The molecule has 0 heterocycles. The average Bonchev–Trinajstić information content (AvgIpc) is 2.21. The monoisotopic (exact) mass is 278 g/mol. The predicted molar refractivity (Wildman–Crippen MR) is 65.4 cm³/mol. The Balaban J connectivity index is 2.48. The van der Waals surface area contributed by atoms with Gasteiger partial charge in [0, 0.05) is 12.1 Å². The Hall–Kier alpha value is -1.05. The van der Waals surface area contributed by atoms with E-state index in [4.69, 9.17) is 5.14 Å². The summed E-state index contributed by atoms with van der Waals surface area (Å²) in [5, 5.41) is 7.82. The second-order valence-electron chi connectivity index (χ2n) is 4.10. The molecule has 4 nitrogen and oxygen atoms in total. The molecule has 0 radical (unpaired) electrons. The van der Waals surface area contributed by atoms with E-state index in [2.05, 4.69) is 5.32 Å². The standard InChI is InChI=1S/C11H16F2N2O2S/c1-8(15-3-2-4-18(14,16)17)9-5-10(12)7-11(13)6-9/h5-8,15H,2-4H2,1H3,(H2,14,16,17). The summed E-state index contributed by atoms with van der Waals surface area (Å²) in [6.45, 7) is 2.14. The molecule has 0 bridgehead atoms. The Morgan fingerprint density at radius 2 is 1.83 bits per heavy atom. The summed E-state index contributed by atoms with van der Waals surface area (Å²) in [7, 11) is -3.46. The van der Waals surface area contributed by atoms with Crippen LogP contribution in [0, 0.1) is 11.6 Å². The Morgan fingerprint density at radius 1 is 1.28 bits per heavy atom. The second-order valence-corrected chi connectivity index (χ2v) is 5.83. The van der Waals surface area contributed by atoms with Crippen molar-refractivity contribution in [3.63, 3.8) is 0 Å². The number of halogens is 2. The minimum absolute atomic E-state index is 0.121. The number of rotatable bonds is 6. The van der Waals surface area contributed by atoms with Gasteiger partial charge in [-0.1, -0.05) is 0 Å². The van der Waals surface area contributed by atoms with E-state index < -0.39 is 21.7 Å². The lowest BCUT2D eigenvalue weighted by Crippen LogP contribution is -2.24. The number of nitrogens with two attached hydrogens (primary N) is 1. The summed E-state index contributed by atoms with van der Waals surface area (Å²) in [5.41, 5.74) is 0.475. The average molecular weight is 278 g/mol. The first kappa shape index (κ1) is 15.0. The van der Waals surface area contributed by atoms with Gasteiger partial charge in [0.25, 0.3) is 0 Å². The van der Waals surface area contributed by atoms with E-state index >= 15 is 0 Å². The molecule has 1 rings (SSSR count). The lowest BCUT2D eigenvalue weighted by Gasteiger charge is -2.14. The van der Waals surface area contributed by atoms with Crippen LogP contribution < -0.4 is 10.5 Å². The molecule has 0 saturated carbocycles. The molecule has 0 aliphatic heterocycles. The third-order valence-electron chi connectivity index (χ3n) is 2.44. The number of primary sulfonamides is 1. The smallest absolute Gasteiger partial charge is 0.209 e. The van der Waals surface area contributed by atoms with E-state index in [9.17, 15) is 17.2 Å². The van der Waals surface area contributed by atoms with Crippen molar-refractivity contribution in [1.29, 1.82) is 0 Å². The van der Waals surface area contributed by atoms with Crippen molar-refractivity contribution in [2.75, 3.05) is 12.3 Å². The maximum atomic E-state index is 13.0. The van der Waals surface area contributed by atoms with Crippen LogP contribution in [-0.2, 0) is 10.0 Å². The molecule has 0 spiro atoms. The summed E-state index contributed by atoms with van der Waals surface area (Å²) in [6.07, 6.45) is 0.348. The van der Waals surface area contributed by atoms with Crippen molar-refractivity contribution < 1.29 is 17.2 Å². The van der Waals surface area contributed by atoms with Crippen molar-refractivity contribution in [1.82, 2.24) is 5.32 Å². The minimum atomic E-state index is -3.46. The SMILES string of the molecule is CC(NCCCS(N)(=O)=O)c1cc(F)cc(F)c1. The van der Waals surface area contributed by atoms with Crippen LogP contribution in [0.3, 0.4) is 0 Å². The van der Waals surface area contributed by atoms with Crippen LogP contribution in [0.15, 0.2) is 18.2 Å². The highest BCUT2D eigenvalue weighted by atomic mass is 32.2. The molecule has 1 unspecified atom stereocenters. The van der Waals surface area contributed by atoms with Crippen LogP contribution in [0.1, 0.15) is 24.9 Å². The lowest BCUT2D eigenvalue weighted by molar-refractivity contribution is 0.541. The second kappa shape index (κ2) is 6.21. The van der Waals surface area contributed by atoms with E-state index in [1.807, 2.05) is 0 Å². The Bertz CT molecular complexity index is 486. The first-order chi connectivity index (χ1) is 8.28. The van der Waals surface area contributed by atoms with Gasteiger partial charge in [-0.2, -0.15) is 0 Å². The first-order valence-electron chi connectivity index (χ1n) is 5.48. The summed E-state index contributed by atoms with van der Waals surface area (Å²) in [5.74, 6) is -1.39. The van der Waals surface area contributed by atoms with E-state index in [0.29, 0.717) is 18.5 Å². The first-order valence-corrected chi connectivity index (χ1v) is 7.19. The molecule has 0 amide bonds. The topological polar surface area (TPSA) is 72.2 Å². The fourth-order valence-electron chi connectivity index (χ4n) is 1.53. The molecule has 3 N–H and O–H groups in total. The fraction of sp³-hybridized carbons (Fsp3) is 0.455. The fourth-order valence-corrected chi connectivity index (χ4v) is 2.08. The molecule has 1 atom stereocenters. The quantitative estimate of drug-likeness (QED) is 0.770. The summed E-state index contributed by atoms with van der Waals surface area (Å²) in [6, 6.07) is 3.01.